The summed E-state index contributed by atoms with van der Waals surface area (Å²) in [5, 5.41) is 0. The summed E-state index contributed by atoms with van der Waals surface area (Å²) in [7, 11) is 1.99. The molecule has 0 N–H and O–H groups in total. The van der Waals surface area contributed by atoms with Gasteiger partial charge in [-0.15, -0.1) is 11.6 Å². The zero-order valence-electron chi connectivity index (χ0n) is 10.7. The Balaban J connectivity index is 2.02. The molecule has 100 valence electrons. The summed E-state index contributed by atoms with van der Waals surface area (Å²) in [6.07, 6.45) is 2.30. The SMILES string of the molecule is CN(CC1CCCOC1)c1cc(F)cc(CCl)c1. The molecule has 1 unspecified atom stereocenters. The number of nitrogens with zero attached hydrogens (tertiary/aromatic N) is 1. The minimum absolute atomic E-state index is 0.227. The molecule has 1 heterocycles. The standard InChI is InChI=1S/C14H19ClFNO/c1-17(9-11-3-2-4-18-10-11)14-6-12(8-15)5-13(16)7-14/h5-7,11H,2-4,8-10H2,1H3. The van der Waals surface area contributed by atoms with Gasteiger partial charge in [-0.05, 0) is 42.5 Å². The number of halogens is 2. The number of ether oxygens (including phenoxy) is 1. The van der Waals surface area contributed by atoms with Gasteiger partial charge in [0.1, 0.15) is 5.82 Å². The Kier molecular flexibility index (Phi) is 4.84. The van der Waals surface area contributed by atoms with Gasteiger partial charge >= 0.3 is 0 Å². The van der Waals surface area contributed by atoms with E-state index in [0.717, 1.165) is 37.4 Å². The number of anilines is 1. The van der Waals surface area contributed by atoms with Crippen LogP contribution in [0.5, 0.6) is 0 Å². The molecule has 2 rings (SSSR count). The third-order valence-corrected chi connectivity index (χ3v) is 3.63. The number of rotatable bonds is 4. The first-order valence-corrected chi connectivity index (χ1v) is 6.87. The van der Waals surface area contributed by atoms with Crippen LogP contribution in [0.1, 0.15) is 18.4 Å². The van der Waals surface area contributed by atoms with Crippen LogP contribution in [-0.2, 0) is 10.6 Å². The third kappa shape index (κ3) is 3.59. The second-order valence-corrected chi connectivity index (χ2v) is 5.18. The van der Waals surface area contributed by atoms with E-state index in [1.54, 1.807) is 6.07 Å². The largest absolute Gasteiger partial charge is 0.381 e. The summed E-state index contributed by atoms with van der Waals surface area (Å²) < 4.78 is 18.9. The van der Waals surface area contributed by atoms with Gasteiger partial charge in [0.25, 0.3) is 0 Å². The van der Waals surface area contributed by atoms with Crippen LogP contribution in [0, 0.1) is 11.7 Å². The van der Waals surface area contributed by atoms with E-state index in [2.05, 4.69) is 4.90 Å². The van der Waals surface area contributed by atoms with Gasteiger partial charge in [0.15, 0.2) is 0 Å². The first-order chi connectivity index (χ1) is 8.69. The molecular formula is C14H19ClFNO. The zero-order valence-corrected chi connectivity index (χ0v) is 11.4. The first kappa shape index (κ1) is 13.6. The molecule has 4 heteroatoms. The van der Waals surface area contributed by atoms with Crippen molar-refractivity contribution in [1.29, 1.82) is 0 Å². The minimum Gasteiger partial charge on any atom is -0.381 e. The summed E-state index contributed by atoms with van der Waals surface area (Å²) in [6.45, 7) is 2.57. The van der Waals surface area contributed by atoms with Crippen molar-refractivity contribution in [2.45, 2.75) is 18.7 Å². The molecule has 0 amide bonds. The lowest BCUT2D eigenvalue weighted by Gasteiger charge is -2.28. The van der Waals surface area contributed by atoms with Crippen molar-refractivity contribution in [2.24, 2.45) is 5.92 Å². The van der Waals surface area contributed by atoms with Crippen LogP contribution >= 0.6 is 11.6 Å². The molecule has 1 aliphatic heterocycles. The highest BCUT2D eigenvalue weighted by Gasteiger charge is 2.16. The van der Waals surface area contributed by atoms with Gasteiger partial charge in [0, 0.05) is 31.8 Å². The van der Waals surface area contributed by atoms with Crippen LogP contribution in [-0.4, -0.2) is 26.8 Å². The fraction of sp³-hybridized carbons (Fsp3) is 0.571. The summed E-state index contributed by atoms with van der Waals surface area (Å²) in [5.74, 6) is 0.645. The molecule has 1 atom stereocenters. The van der Waals surface area contributed by atoms with E-state index in [0.29, 0.717) is 11.8 Å². The third-order valence-electron chi connectivity index (χ3n) is 3.32. The van der Waals surface area contributed by atoms with E-state index in [4.69, 9.17) is 16.3 Å². The van der Waals surface area contributed by atoms with E-state index in [1.165, 1.54) is 12.5 Å². The Hall–Kier alpha value is -0.800. The van der Waals surface area contributed by atoms with Crippen molar-refractivity contribution >= 4 is 17.3 Å². The molecule has 0 aromatic heterocycles. The average Bonchev–Trinajstić information content (AvgIpc) is 2.39. The number of alkyl halides is 1. The molecular weight excluding hydrogens is 253 g/mol. The van der Waals surface area contributed by atoms with Crippen molar-refractivity contribution in [1.82, 2.24) is 0 Å². The van der Waals surface area contributed by atoms with E-state index >= 15 is 0 Å². The van der Waals surface area contributed by atoms with Crippen LogP contribution in [0.25, 0.3) is 0 Å². The normalized spacial score (nSPS) is 19.8. The predicted molar refractivity (Wildman–Crippen MR) is 72.8 cm³/mol. The molecule has 1 saturated heterocycles. The topological polar surface area (TPSA) is 12.5 Å². The van der Waals surface area contributed by atoms with Crippen LogP contribution in [0.3, 0.4) is 0 Å². The fourth-order valence-corrected chi connectivity index (χ4v) is 2.53. The quantitative estimate of drug-likeness (QED) is 0.778. The van der Waals surface area contributed by atoms with Crippen LogP contribution in [0.4, 0.5) is 10.1 Å². The monoisotopic (exact) mass is 271 g/mol. The molecule has 0 spiro atoms. The van der Waals surface area contributed by atoms with Crippen LogP contribution < -0.4 is 4.90 Å². The number of hydrogen-bond donors (Lipinski definition) is 0. The highest BCUT2D eigenvalue weighted by Crippen LogP contribution is 2.22. The maximum atomic E-state index is 13.4. The van der Waals surface area contributed by atoms with E-state index in [-0.39, 0.29) is 5.82 Å². The second kappa shape index (κ2) is 6.39. The van der Waals surface area contributed by atoms with Gasteiger partial charge in [-0.2, -0.15) is 0 Å². The van der Waals surface area contributed by atoms with E-state index in [1.807, 2.05) is 13.1 Å². The average molecular weight is 272 g/mol. The van der Waals surface area contributed by atoms with Crippen LogP contribution in [0.2, 0.25) is 0 Å². The Bertz CT molecular complexity index is 393. The number of hydrogen-bond acceptors (Lipinski definition) is 2. The highest BCUT2D eigenvalue weighted by atomic mass is 35.5. The molecule has 18 heavy (non-hydrogen) atoms. The van der Waals surface area contributed by atoms with Crippen molar-refractivity contribution < 1.29 is 9.13 Å². The van der Waals surface area contributed by atoms with Gasteiger partial charge in [0.05, 0.1) is 6.61 Å². The highest BCUT2D eigenvalue weighted by molar-refractivity contribution is 6.17. The lowest BCUT2D eigenvalue weighted by molar-refractivity contribution is 0.0576. The van der Waals surface area contributed by atoms with Gasteiger partial charge < -0.3 is 9.64 Å². The molecule has 0 aliphatic carbocycles. The zero-order chi connectivity index (χ0) is 13.0. The fourth-order valence-electron chi connectivity index (χ4n) is 2.37. The smallest absolute Gasteiger partial charge is 0.125 e. The molecule has 1 fully saturated rings. The molecule has 1 aromatic carbocycles. The molecule has 2 nitrogen and oxygen atoms in total. The van der Waals surface area contributed by atoms with Crippen molar-refractivity contribution in [2.75, 3.05) is 31.7 Å². The van der Waals surface area contributed by atoms with Crippen molar-refractivity contribution in [3.05, 3.63) is 29.6 Å². The van der Waals surface area contributed by atoms with E-state index in [9.17, 15) is 4.39 Å². The Morgan fingerprint density at radius 2 is 2.28 bits per heavy atom. The lowest BCUT2D eigenvalue weighted by atomic mass is 10.0. The summed E-state index contributed by atoms with van der Waals surface area (Å²) in [6, 6.07) is 4.98. The van der Waals surface area contributed by atoms with Crippen molar-refractivity contribution in [3.8, 4) is 0 Å². The Morgan fingerprint density at radius 1 is 1.44 bits per heavy atom. The second-order valence-electron chi connectivity index (χ2n) is 4.91. The lowest BCUT2D eigenvalue weighted by Crippen LogP contribution is -2.30. The van der Waals surface area contributed by atoms with Gasteiger partial charge in [-0.25, -0.2) is 4.39 Å². The minimum atomic E-state index is -0.227. The molecule has 0 saturated carbocycles. The van der Waals surface area contributed by atoms with Gasteiger partial charge in [-0.3, -0.25) is 0 Å². The summed E-state index contributed by atoms with van der Waals surface area (Å²) in [4.78, 5) is 2.08. The number of benzene rings is 1. The van der Waals surface area contributed by atoms with Gasteiger partial charge in [0.2, 0.25) is 0 Å². The maximum absolute atomic E-state index is 13.4. The summed E-state index contributed by atoms with van der Waals surface area (Å²) in [5.41, 5.74) is 1.70. The van der Waals surface area contributed by atoms with Crippen LogP contribution in [0.15, 0.2) is 18.2 Å². The van der Waals surface area contributed by atoms with E-state index < -0.39 is 0 Å². The van der Waals surface area contributed by atoms with Gasteiger partial charge in [-0.1, -0.05) is 0 Å². The summed E-state index contributed by atoms with van der Waals surface area (Å²) >= 11 is 5.76. The first-order valence-electron chi connectivity index (χ1n) is 6.33. The van der Waals surface area contributed by atoms with Crippen molar-refractivity contribution in [3.63, 3.8) is 0 Å². The maximum Gasteiger partial charge on any atom is 0.125 e. The Labute approximate surface area is 113 Å². The molecule has 0 radical (unpaired) electrons. The predicted octanol–water partition coefficient (Wildman–Crippen LogP) is 3.43. The molecule has 1 aromatic rings. The molecule has 1 aliphatic rings. The molecule has 0 bridgehead atoms. The Morgan fingerprint density at radius 3 is 2.94 bits per heavy atom.